The van der Waals surface area contributed by atoms with Crippen molar-refractivity contribution in [3.63, 3.8) is 0 Å². The molecule has 2 bridgehead atoms. The van der Waals surface area contributed by atoms with E-state index in [0.29, 0.717) is 0 Å². The second-order valence-corrected chi connectivity index (χ2v) is 7.02. The summed E-state index contributed by atoms with van der Waals surface area (Å²) in [6.07, 6.45) is 0. The van der Waals surface area contributed by atoms with Crippen LogP contribution in [0.1, 0.15) is 0 Å². The molecule has 1 aliphatic rings. The normalized spacial score (nSPS) is 13.0. The monoisotopic (exact) mass is 346 g/mol. The SMILES string of the molecule is c1ccc(B2Oc3cc(c4cc5cc6ccccc6cc5cc4c3)O2)cc1. The summed E-state index contributed by atoms with van der Waals surface area (Å²) in [6, 6.07) is 31.6. The summed E-state index contributed by atoms with van der Waals surface area (Å²) in [6.45, 7) is 0. The number of hydrogen-bond donors (Lipinski definition) is 0. The molecule has 3 heteroatoms. The predicted octanol–water partition coefficient (Wildman–Crippen LogP) is 5.31. The predicted molar refractivity (Wildman–Crippen MR) is 112 cm³/mol. The molecule has 27 heavy (non-hydrogen) atoms. The van der Waals surface area contributed by atoms with Gasteiger partial charge in [-0.25, -0.2) is 0 Å². The zero-order chi connectivity index (χ0) is 17.8. The molecule has 1 heterocycles. The van der Waals surface area contributed by atoms with Gasteiger partial charge < -0.3 is 9.31 Å². The summed E-state index contributed by atoms with van der Waals surface area (Å²) in [5.74, 6) is 1.72. The van der Waals surface area contributed by atoms with Crippen LogP contribution in [0.4, 0.5) is 0 Å². The first-order chi connectivity index (χ1) is 13.3. The van der Waals surface area contributed by atoms with Crippen molar-refractivity contribution in [3.8, 4) is 11.5 Å². The van der Waals surface area contributed by atoms with Crippen LogP contribution in [-0.4, -0.2) is 7.12 Å². The van der Waals surface area contributed by atoms with E-state index in [1.807, 2.05) is 36.4 Å². The zero-order valence-electron chi connectivity index (χ0n) is 14.6. The van der Waals surface area contributed by atoms with E-state index in [0.717, 1.165) is 27.7 Å². The van der Waals surface area contributed by atoms with Gasteiger partial charge in [-0.3, -0.25) is 0 Å². The maximum absolute atomic E-state index is 6.20. The fraction of sp³-hybridized carbons (Fsp3) is 0. The Kier molecular flexibility index (Phi) is 3.00. The van der Waals surface area contributed by atoms with Crippen molar-refractivity contribution in [1.82, 2.24) is 0 Å². The molecule has 0 spiro atoms. The lowest BCUT2D eigenvalue weighted by molar-refractivity contribution is 0.420. The third kappa shape index (κ3) is 2.36. The maximum atomic E-state index is 6.20. The van der Waals surface area contributed by atoms with Crippen LogP contribution < -0.4 is 14.8 Å². The van der Waals surface area contributed by atoms with E-state index in [1.165, 1.54) is 21.5 Å². The van der Waals surface area contributed by atoms with Crippen LogP contribution in [0.3, 0.4) is 0 Å². The molecule has 0 fully saturated rings. The zero-order valence-corrected chi connectivity index (χ0v) is 14.6. The molecule has 5 aromatic carbocycles. The first-order valence-electron chi connectivity index (χ1n) is 9.12. The van der Waals surface area contributed by atoms with Gasteiger partial charge in [0.1, 0.15) is 11.5 Å². The van der Waals surface area contributed by atoms with E-state index in [1.54, 1.807) is 0 Å². The Bertz CT molecular complexity index is 1330. The van der Waals surface area contributed by atoms with Crippen molar-refractivity contribution in [2.75, 3.05) is 0 Å². The van der Waals surface area contributed by atoms with Crippen LogP contribution in [0.15, 0.2) is 91.0 Å². The van der Waals surface area contributed by atoms with Gasteiger partial charge in [-0.15, -0.1) is 0 Å². The fourth-order valence-electron chi connectivity index (χ4n) is 3.92. The molecule has 0 amide bonds. The Morgan fingerprint density at radius 3 is 1.96 bits per heavy atom. The van der Waals surface area contributed by atoms with Gasteiger partial charge in [-0.2, -0.15) is 0 Å². The van der Waals surface area contributed by atoms with Gasteiger partial charge in [0.15, 0.2) is 0 Å². The van der Waals surface area contributed by atoms with E-state index in [4.69, 9.17) is 9.31 Å². The molecule has 0 saturated heterocycles. The van der Waals surface area contributed by atoms with E-state index >= 15 is 0 Å². The van der Waals surface area contributed by atoms with Crippen molar-refractivity contribution in [1.29, 1.82) is 0 Å². The molecular weight excluding hydrogens is 331 g/mol. The van der Waals surface area contributed by atoms with Crippen LogP contribution in [0, 0.1) is 0 Å². The fourth-order valence-corrected chi connectivity index (χ4v) is 3.92. The summed E-state index contributed by atoms with van der Waals surface area (Å²) in [5.41, 5.74) is 1.02. The minimum Gasteiger partial charge on any atom is -0.522 e. The van der Waals surface area contributed by atoms with E-state index in [2.05, 4.69) is 54.6 Å². The smallest absolute Gasteiger partial charge is 0.522 e. The number of rotatable bonds is 1. The van der Waals surface area contributed by atoms with Crippen LogP contribution >= 0.6 is 0 Å². The number of benzene rings is 5. The molecule has 0 aliphatic carbocycles. The van der Waals surface area contributed by atoms with E-state index in [-0.39, 0.29) is 0 Å². The Balaban J connectivity index is 1.55. The highest BCUT2D eigenvalue weighted by molar-refractivity contribution is 6.63. The van der Waals surface area contributed by atoms with Crippen LogP contribution in [0.5, 0.6) is 11.5 Å². The van der Waals surface area contributed by atoms with Gasteiger partial charge in [0, 0.05) is 16.9 Å². The van der Waals surface area contributed by atoms with Gasteiger partial charge in [-0.05, 0) is 57.3 Å². The molecule has 126 valence electrons. The largest absolute Gasteiger partial charge is 0.632 e. The Morgan fingerprint density at radius 2 is 1.19 bits per heavy atom. The quantitative estimate of drug-likeness (QED) is 0.302. The number of fused-ring (bicyclic) bond motifs is 6. The molecule has 0 unspecified atom stereocenters. The second-order valence-electron chi connectivity index (χ2n) is 7.02. The highest BCUT2D eigenvalue weighted by Crippen LogP contribution is 2.38. The first-order valence-corrected chi connectivity index (χ1v) is 9.12. The summed E-state index contributed by atoms with van der Waals surface area (Å²) in [7, 11) is -0.405. The van der Waals surface area contributed by atoms with Crippen molar-refractivity contribution in [2.45, 2.75) is 0 Å². The van der Waals surface area contributed by atoms with Crippen LogP contribution in [-0.2, 0) is 0 Å². The van der Waals surface area contributed by atoms with Gasteiger partial charge in [0.2, 0.25) is 0 Å². The highest BCUT2D eigenvalue weighted by Gasteiger charge is 2.30. The maximum Gasteiger partial charge on any atom is 0.632 e. The Morgan fingerprint density at radius 1 is 0.519 bits per heavy atom. The lowest BCUT2D eigenvalue weighted by Crippen LogP contribution is -2.44. The van der Waals surface area contributed by atoms with Crippen molar-refractivity contribution in [2.24, 2.45) is 0 Å². The average molecular weight is 346 g/mol. The van der Waals surface area contributed by atoms with Crippen LogP contribution in [0.2, 0.25) is 0 Å². The molecule has 0 saturated carbocycles. The van der Waals surface area contributed by atoms with Crippen molar-refractivity contribution in [3.05, 3.63) is 91.0 Å². The third-order valence-electron chi connectivity index (χ3n) is 5.26. The van der Waals surface area contributed by atoms with Crippen molar-refractivity contribution >= 4 is 44.9 Å². The summed E-state index contributed by atoms with van der Waals surface area (Å²) < 4.78 is 12.2. The topological polar surface area (TPSA) is 18.5 Å². The Hall–Kier alpha value is -3.46. The molecule has 5 aromatic rings. The van der Waals surface area contributed by atoms with E-state index < -0.39 is 7.12 Å². The van der Waals surface area contributed by atoms with Gasteiger partial charge in [0.05, 0.1) is 0 Å². The molecule has 0 atom stereocenters. The molecular formula is C24H15BO2. The highest BCUT2D eigenvalue weighted by atomic mass is 16.6. The standard InChI is InChI=1S/C24H15BO2/c1-2-8-21(9-3-1)25-26-22-13-20-12-18-10-16-6-4-5-7-17(16)11-19(18)14-23(20)24(15-22)27-25/h1-15H. The molecule has 2 nitrogen and oxygen atoms in total. The number of hydrogen-bond acceptors (Lipinski definition) is 2. The molecule has 6 rings (SSSR count). The molecule has 0 aromatic heterocycles. The second kappa shape index (κ2) is 5.52. The minimum atomic E-state index is -0.405. The lowest BCUT2D eigenvalue weighted by Gasteiger charge is -2.24. The van der Waals surface area contributed by atoms with Gasteiger partial charge in [0.25, 0.3) is 0 Å². The third-order valence-corrected chi connectivity index (χ3v) is 5.26. The average Bonchev–Trinajstić information content (AvgIpc) is 2.71. The summed E-state index contributed by atoms with van der Waals surface area (Å²) in [4.78, 5) is 0. The van der Waals surface area contributed by atoms with Crippen molar-refractivity contribution < 1.29 is 9.31 Å². The molecule has 0 N–H and O–H groups in total. The summed E-state index contributed by atoms with van der Waals surface area (Å²) >= 11 is 0. The first kappa shape index (κ1) is 14.7. The van der Waals surface area contributed by atoms with Gasteiger partial charge in [-0.1, -0.05) is 54.6 Å². The summed E-state index contributed by atoms with van der Waals surface area (Å²) in [5, 5.41) is 7.20. The van der Waals surface area contributed by atoms with Crippen LogP contribution in [0.25, 0.3) is 32.3 Å². The molecule has 1 aliphatic heterocycles. The molecule has 0 radical (unpaired) electrons. The van der Waals surface area contributed by atoms with Gasteiger partial charge >= 0.3 is 7.12 Å². The lowest BCUT2D eigenvalue weighted by atomic mass is 9.77. The van der Waals surface area contributed by atoms with E-state index in [9.17, 15) is 0 Å². The Labute approximate surface area is 157 Å². The minimum absolute atomic E-state index is 0.405.